The molecule has 0 aromatic rings. The summed E-state index contributed by atoms with van der Waals surface area (Å²) >= 11 is 0. The number of quaternary nitrogens is 2. The molecule has 1 saturated heterocycles. The maximum atomic E-state index is 9.00. The predicted molar refractivity (Wildman–Crippen MR) is 43.2 cm³/mol. The Morgan fingerprint density at radius 3 is 3.00 bits per heavy atom. The summed E-state index contributed by atoms with van der Waals surface area (Å²) in [5.41, 5.74) is 3.82. The minimum atomic E-state index is 0.368. The average Bonchev–Trinajstić information content (AvgIpc) is 2.47. The number of rotatable bonds is 4. The molecule has 2 atom stereocenters. The number of aliphatic hydroxyl groups excluding tert-OH is 1. The van der Waals surface area contributed by atoms with Gasteiger partial charge in [-0.3, -0.25) is 0 Å². The molecule has 66 valence electrons. The first-order chi connectivity index (χ1) is 5.38. The van der Waals surface area contributed by atoms with Crippen LogP contribution >= 0.6 is 0 Å². The molecule has 1 aliphatic heterocycles. The van der Waals surface area contributed by atoms with Crippen LogP contribution in [0, 0.1) is 0 Å². The first-order valence-corrected chi connectivity index (χ1v) is 4.63. The quantitative estimate of drug-likeness (QED) is 0.424. The van der Waals surface area contributed by atoms with Crippen molar-refractivity contribution in [3.05, 3.63) is 0 Å². The van der Waals surface area contributed by atoms with Crippen LogP contribution in [0.5, 0.6) is 0 Å². The van der Waals surface area contributed by atoms with E-state index in [0.717, 1.165) is 6.54 Å². The smallest absolute Gasteiger partial charge is 0.111 e. The number of aliphatic hydroxyl groups is 1. The monoisotopic (exact) mass is 160 g/mol. The van der Waals surface area contributed by atoms with Crippen molar-refractivity contribution in [2.24, 2.45) is 0 Å². The lowest BCUT2D eigenvalue weighted by Crippen LogP contribution is -3.14. The summed E-state index contributed by atoms with van der Waals surface area (Å²) in [6.07, 6.45) is 3.70. The van der Waals surface area contributed by atoms with E-state index in [2.05, 4.69) is 5.73 Å². The molecule has 1 aliphatic rings. The van der Waals surface area contributed by atoms with E-state index < -0.39 is 0 Å². The molecule has 1 heterocycles. The van der Waals surface area contributed by atoms with Crippen molar-refractivity contribution in [3.63, 3.8) is 0 Å². The zero-order valence-corrected chi connectivity index (χ0v) is 7.18. The highest BCUT2D eigenvalue weighted by molar-refractivity contribution is 4.60. The Balaban J connectivity index is 2.20. The Hall–Kier alpha value is -0.120. The first-order valence-electron chi connectivity index (χ1n) is 4.63. The van der Waals surface area contributed by atoms with E-state index in [1.165, 1.54) is 32.4 Å². The van der Waals surface area contributed by atoms with E-state index in [4.69, 9.17) is 5.11 Å². The Morgan fingerprint density at radius 1 is 1.55 bits per heavy atom. The van der Waals surface area contributed by atoms with Crippen molar-refractivity contribution >= 4 is 0 Å². The van der Waals surface area contributed by atoms with Gasteiger partial charge in [0.1, 0.15) is 6.04 Å². The van der Waals surface area contributed by atoms with Gasteiger partial charge < -0.3 is 15.7 Å². The third-order valence-electron chi connectivity index (χ3n) is 2.60. The van der Waals surface area contributed by atoms with Crippen LogP contribution < -0.4 is 10.6 Å². The van der Waals surface area contributed by atoms with Crippen LogP contribution in [0.15, 0.2) is 0 Å². The molecule has 0 radical (unpaired) electrons. The van der Waals surface area contributed by atoms with Crippen LogP contribution in [-0.4, -0.2) is 37.4 Å². The normalized spacial score (nSPS) is 31.1. The molecule has 11 heavy (non-hydrogen) atoms. The van der Waals surface area contributed by atoms with Gasteiger partial charge >= 0.3 is 0 Å². The lowest BCUT2D eigenvalue weighted by atomic mass is 10.2. The van der Waals surface area contributed by atoms with E-state index in [1.807, 2.05) is 0 Å². The van der Waals surface area contributed by atoms with Crippen molar-refractivity contribution in [1.82, 2.24) is 0 Å². The summed E-state index contributed by atoms with van der Waals surface area (Å²) in [7, 11) is 0. The zero-order valence-electron chi connectivity index (χ0n) is 7.18. The van der Waals surface area contributed by atoms with Gasteiger partial charge in [-0.15, -0.1) is 0 Å². The average molecular weight is 160 g/mol. The fourth-order valence-electron chi connectivity index (χ4n) is 1.89. The summed E-state index contributed by atoms with van der Waals surface area (Å²) in [6.45, 7) is 3.86. The van der Waals surface area contributed by atoms with Gasteiger partial charge in [-0.05, 0) is 0 Å². The topological polar surface area (TPSA) is 52.3 Å². The summed E-state index contributed by atoms with van der Waals surface area (Å²) < 4.78 is 0. The second kappa shape index (κ2) is 4.70. The highest BCUT2D eigenvalue weighted by atomic mass is 16.3. The summed E-state index contributed by atoms with van der Waals surface area (Å²) in [5.74, 6) is 0. The van der Waals surface area contributed by atoms with Gasteiger partial charge in [-0.1, -0.05) is 0 Å². The third kappa shape index (κ3) is 2.43. The van der Waals surface area contributed by atoms with Crippen LogP contribution in [0.3, 0.4) is 0 Å². The molecule has 1 rings (SSSR count). The Labute approximate surface area is 68.2 Å². The van der Waals surface area contributed by atoms with Crippen LogP contribution in [0.2, 0.25) is 0 Å². The van der Waals surface area contributed by atoms with Gasteiger partial charge in [0.2, 0.25) is 0 Å². The van der Waals surface area contributed by atoms with Crippen molar-refractivity contribution in [3.8, 4) is 0 Å². The van der Waals surface area contributed by atoms with Gasteiger partial charge in [-0.25, -0.2) is 0 Å². The van der Waals surface area contributed by atoms with E-state index in [-0.39, 0.29) is 0 Å². The van der Waals surface area contributed by atoms with E-state index >= 15 is 0 Å². The summed E-state index contributed by atoms with van der Waals surface area (Å²) in [5, 5.41) is 9.00. The standard InChI is InChI=1S/C8H18N2O/c9-4-2-6-10-5-1-3-8(10)7-11/h8,11H,1-7,9H2/p+2/t8-/m1/s1. The predicted octanol–water partition coefficient (Wildman–Crippen LogP) is -2.34. The molecule has 0 amide bonds. The fourth-order valence-corrected chi connectivity index (χ4v) is 1.89. The van der Waals surface area contributed by atoms with Gasteiger partial charge in [0.15, 0.2) is 0 Å². The van der Waals surface area contributed by atoms with Gasteiger partial charge in [-0.2, -0.15) is 0 Å². The molecule has 5 N–H and O–H groups in total. The summed E-state index contributed by atoms with van der Waals surface area (Å²) in [4.78, 5) is 1.59. The molecule has 0 spiro atoms. The molecule has 3 nitrogen and oxygen atoms in total. The number of nitrogens with one attached hydrogen (secondary N) is 1. The van der Waals surface area contributed by atoms with E-state index in [9.17, 15) is 0 Å². The van der Waals surface area contributed by atoms with Crippen LogP contribution in [0.1, 0.15) is 19.3 Å². The molecule has 0 saturated carbocycles. The Morgan fingerprint density at radius 2 is 2.36 bits per heavy atom. The zero-order chi connectivity index (χ0) is 8.10. The summed E-state index contributed by atoms with van der Waals surface area (Å²) in [6, 6.07) is 0.529. The van der Waals surface area contributed by atoms with Crippen molar-refractivity contribution in [1.29, 1.82) is 0 Å². The molecule has 1 unspecified atom stereocenters. The van der Waals surface area contributed by atoms with Crippen molar-refractivity contribution in [2.75, 3.05) is 26.2 Å². The van der Waals surface area contributed by atoms with Crippen molar-refractivity contribution < 1.29 is 15.7 Å². The Kier molecular flexibility index (Phi) is 3.83. The minimum Gasteiger partial charge on any atom is -0.390 e. The molecule has 0 aromatic heterocycles. The molecular formula is C8H20N2O+2. The van der Waals surface area contributed by atoms with E-state index in [1.54, 1.807) is 4.90 Å². The van der Waals surface area contributed by atoms with Crippen LogP contribution in [0.25, 0.3) is 0 Å². The SMILES string of the molecule is [NH3+]CCC[NH+]1CCC[C@@H]1CO. The lowest BCUT2D eigenvalue weighted by Gasteiger charge is -2.18. The van der Waals surface area contributed by atoms with Crippen LogP contribution in [0.4, 0.5) is 0 Å². The first kappa shape index (κ1) is 8.97. The maximum absolute atomic E-state index is 9.00. The van der Waals surface area contributed by atoms with Gasteiger partial charge in [0.05, 0.1) is 26.2 Å². The highest BCUT2D eigenvalue weighted by Crippen LogP contribution is 1.98. The molecule has 1 fully saturated rings. The van der Waals surface area contributed by atoms with E-state index in [0.29, 0.717) is 12.6 Å². The molecular weight excluding hydrogens is 140 g/mol. The number of likely N-dealkylation sites (tertiary alicyclic amines) is 1. The maximum Gasteiger partial charge on any atom is 0.111 e. The second-order valence-electron chi connectivity index (χ2n) is 3.39. The fraction of sp³-hybridized carbons (Fsp3) is 1.00. The largest absolute Gasteiger partial charge is 0.390 e. The molecule has 0 bridgehead atoms. The van der Waals surface area contributed by atoms with Gasteiger partial charge in [0.25, 0.3) is 0 Å². The lowest BCUT2D eigenvalue weighted by molar-refractivity contribution is -0.913. The van der Waals surface area contributed by atoms with Crippen molar-refractivity contribution in [2.45, 2.75) is 25.3 Å². The Bertz CT molecular complexity index is 108. The molecule has 0 aromatic carbocycles. The second-order valence-corrected chi connectivity index (χ2v) is 3.39. The van der Waals surface area contributed by atoms with Crippen LogP contribution in [-0.2, 0) is 0 Å². The third-order valence-corrected chi connectivity index (χ3v) is 2.60. The van der Waals surface area contributed by atoms with Gasteiger partial charge in [0, 0.05) is 19.3 Å². The number of hydrogen-bond acceptors (Lipinski definition) is 1. The molecule has 0 aliphatic carbocycles. The molecule has 3 heteroatoms. The minimum absolute atomic E-state index is 0.368. The number of hydrogen-bond donors (Lipinski definition) is 3. The highest BCUT2D eigenvalue weighted by Gasteiger charge is 2.26.